The van der Waals surface area contributed by atoms with E-state index in [1.807, 2.05) is 14.1 Å². The molecule has 0 bridgehead atoms. The number of amides is 1. The number of carbonyl (C=O) groups is 1. The van der Waals surface area contributed by atoms with Gasteiger partial charge in [0.05, 0.1) is 24.7 Å². The monoisotopic (exact) mass is 379 g/mol. The zero-order valence-electron chi connectivity index (χ0n) is 17.3. The summed E-state index contributed by atoms with van der Waals surface area (Å²) in [6.45, 7) is 7.23. The molecule has 0 aromatic carbocycles. The van der Waals surface area contributed by atoms with E-state index in [2.05, 4.69) is 22.5 Å². The quantitative estimate of drug-likeness (QED) is 0.533. The maximum atomic E-state index is 12.7. The molecule has 3 aliphatic rings. The lowest BCUT2D eigenvalue weighted by atomic mass is 9.85. The summed E-state index contributed by atoms with van der Waals surface area (Å²) in [7, 11) is 3.70. The van der Waals surface area contributed by atoms with Crippen LogP contribution >= 0.6 is 0 Å². The van der Waals surface area contributed by atoms with E-state index in [-0.39, 0.29) is 17.4 Å². The molecule has 2 atom stereocenters. The van der Waals surface area contributed by atoms with Crippen LogP contribution in [0.15, 0.2) is 4.99 Å². The topological polar surface area (TPSA) is 69.2 Å². The molecule has 3 rings (SSSR count). The molecule has 7 heteroatoms. The number of guanidine groups is 1. The van der Waals surface area contributed by atoms with Crippen LogP contribution in [0, 0.1) is 5.41 Å². The van der Waals surface area contributed by atoms with Crippen molar-refractivity contribution in [2.24, 2.45) is 10.4 Å². The van der Waals surface area contributed by atoms with E-state index in [1.165, 1.54) is 19.4 Å². The number of ether oxygens (including phenoxy) is 1. The molecule has 1 saturated carbocycles. The Bertz CT molecular complexity index is 530. The molecule has 0 radical (unpaired) electrons. The van der Waals surface area contributed by atoms with Crippen molar-refractivity contribution in [2.75, 3.05) is 53.4 Å². The predicted octanol–water partition coefficient (Wildman–Crippen LogP) is 1.05. The van der Waals surface area contributed by atoms with Crippen molar-refractivity contribution in [1.82, 2.24) is 20.4 Å². The van der Waals surface area contributed by atoms with Crippen LogP contribution in [-0.2, 0) is 9.53 Å². The number of morpholine rings is 1. The molecule has 1 amide bonds. The molecule has 2 heterocycles. The third-order valence-electron chi connectivity index (χ3n) is 6.26. The van der Waals surface area contributed by atoms with Crippen LogP contribution in [-0.4, -0.2) is 87.2 Å². The van der Waals surface area contributed by atoms with Crippen molar-refractivity contribution >= 4 is 11.9 Å². The average Bonchev–Trinajstić information content (AvgIpc) is 3.32. The zero-order valence-corrected chi connectivity index (χ0v) is 17.3. The van der Waals surface area contributed by atoms with Gasteiger partial charge < -0.3 is 20.3 Å². The highest BCUT2D eigenvalue weighted by molar-refractivity contribution is 5.84. The van der Waals surface area contributed by atoms with Gasteiger partial charge in [-0.15, -0.1) is 0 Å². The van der Waals surface area contributed by atoms with Gasteiger partial charge in [0, 0.05) is 39.8 Å². The Labute approximate surface area is 163 Å². The van der Waals surface area contributed by atoms with Gasteiger partial charge in [-0.25, -0.2) is 0 Å². The van der Waals surface area contributed by atoms with E-state index in [4.69, 9.17) is 9.73 Å². The lowest BCUT2D eigenvalue weighted by molar-refractivity contribution is -0.138. The third kappa shape index (κ3) is 4.93. The van der Waals surface area contributed by atoms with Crippen LogP contribution in [0.2, 0.25) is 0 Å². The van der Waals surface area contributed by atoms with E-state index in [9.17, 15) is 4.79 Å². The molecule has 3 fully saturated rings. The maximum absolute atomic E-state index is 12.7. The largest absolute Gasteiger partial charge is 0.373 e. The van der Waals surface area contributed by atoms with Gasteiger partial charge in [0.25, 0.3) is 0 Å². The molecule has 2 saturated heterocycles. The van der Waals surface area contributed by atoms with Crippen LogP contribution in [0.25, 0.3) is 0 Å². The van der Waals surface area contributed by atoms with Crippen molar-refractivity contribution in [2.45, 2.75) is 57.6 Å². The van der Waals surface area contributed by atoms with Crippen molar-refractivity contribution in [3.8, 4) is 0 Å². The average molecular weight is 380 g/mol. The number of hydrogen-bond donors (Lipinski definition) is 2. The Balaban J connectivity index is 1.56. The number of fused-ring (bicyclic) bond motifs is 1. The number of carbonyl (C=O) groups excluding carboxylic acids is 1. The number of aliphatic imine (C=N–C) groups is 1. The summed E-state index contributed by atoms with van der Waals surface area (Å²) < 4.78 is 6.04. The molecule has 154 valence electrons. The molecular weight excluding hydrogens is 342 g/mol. The van der Waals surface area contributed by atoms with Crippen LogP contribution in [0.1, 0.15) is 45.4 Å². The Kier molecular flexibility index (Phi) is 6.98. The Morgan fingerprint density at radius 1 is 1.26 bits per heavy atom. The minimum absolute atomic E-state index is 0.201. The van der Waals surface area contributed by atoms with Gasteiger partial charge >= 0.3 is 0 Å². The standard InChI is InChI=1S/C20H37N5O2/c1-4-21-19(22-12-17-13-25-11-7-8-16(25)14-27-17)23-15-20(9-5-6-10-20)18(26)24(2)3/h16-17H,4-15H2,1-3H3,(H2,21,22,23). The normalized spacial score (nSPS) is 28.0. The summed E-state index contributed by atoms with van der Waals surface area (Å²) in [5.41, 5.74) is -0.323. The lowest BCUT2D eigenvalue weighted by Gasteiger charge is -2.35. The van der Waals surface area contributed by atoms with Gasteiger partial charge in [-0.1, -0.05) is 12.8 Å². The fourth-order valence-electron chi connectivity index (χ4n) is 4.76. The highest BCUT2D eigenvalue weighted by atomic mass is 16.5. The van der Waals surface area contributed by atoms with Crippen molar-refractivity contribution in [1.29, 1.82) is 0 Å². The molecule has 0 aromatic rings. The zero-order chi connectivity index (χ0) is 19.3. The van der Waals surface area contributed by atoms with Gasteiger partial charge in [0.1, 0.15) is 0 Å². The molecule has 2 aliphatic heterocycles. The summed E-state index contributed by atoms with van der Waals surface area (Å²) in [4.78, 5) is 21.8. The smallest absolute Gasteiger partial charge is 0.230 e. The molecule has 2 N–H and O–H groups in total. The summed E-state index contributed by atoms with van der Waals surface area (Å²) in [5.74, 6) is 1.01. The number of nitrogens with one attached hydrogen (secondary N) is 2. The van der Waals surface area contributed by atoms with Crippen molar-refractivity contribution < 1.29 is 9.53 Å². The first kappa shape index (κ1) is 20.4. The minimum Gasteiger partial charge on any atom is -0.373 e. The maximum Gasteiger partial charge on any atom is 0.230 e. The van der Waals surface area contributed by atoms with Crippen LogP contribution in [0.3, 0.4) is 0 Å². The van der Waals surface area contributed by atoms with E-state index in [1.54, 1.807) is 4.90 Å². The van der Waals surface area contributed by atoms with E-state index in [0.717, 1.165) is 57.9 Å². The van der Waals surface area contributed by atoms with Gasteiger partial charge in [-0.2, -0.15) is 0 Å². The van der Waals surface area contributed by atoms with Gasteiger partial charge in [-0.05, 0) is 39.2 Å². The second-order valence-corrected chi connectivity index (χ2v) is 8.51. The van der Waals surface area contributed by atoms with E-state index >= 15 is 0 Å². The van der Waals surface area contributed by atoms with Gasteiger partial charge in [0.2, 0.25) is 5.91 Å². The Morgan fingerprint density at radius 2 is 2.04 bits per heavy atom. The number of nitrogens with zero attached hydrogens (tertiary/aromatic N) is 3. The third-order valence-corrected chi connectivity index (χ3v) is 6.26. The lowest BCUT2D eigenvalue weighted by Crippen LogP contribution is -2.51. The fourth-order valence-corrected chi connectivity index (χ4v) is 4.76. The second-order valence-electron chi connectivity index (χ2n) is 8.51. The van der Waals surface area contributed by atoms with Crippen LogP contribution in [0.4, 0.5) is 0 Å². The summed E-state index contributed by atoms with van der Waals surface area (Å²) in [6, 6.07) is 0.627. The van der Waals surface area contributed by atoms with Gasteiger partial charge in [-0.3, -0.25) is 14.7 Å². The molecule has 0 aromatic heterocycles. The summed E-state index contributed by atoms with van der Waals surface area (Å²) in [6.07, 6.45) is 6.88. The summed E-state index contributed by atoms with van der Waals surface area (Å²) in [5, 5.41) is 6.76. The number of rotatable bonds is 6. The molecule has 2 unspecified atom stereocenters. The highest BCUT2D eigenvalue weighted by Crippen LogP contribution is 2.39. The van der Waals surface area contributed by atoms with Crippen LogP contribution in [0.5, 0.6) is 0 Å². The van der Waals surface area contributed by atoms with Crippen LogP contribution < -0.4 is 10.6 Å². The molecular formula is C20H37N5O2. The molecule has 1 aliphatic carbocycles. The fraction of sp³-hybridized carbons (Fsp3) is 0.900. The molecule has 7 nitrogen and oxygen atoms in total. The van der Waals surface area contributed by atoms with Crippen molar-refractivity contribution in [3.63, 3.8) is 0 Å². The predicted molar refractivity (Wildman–Crippen MR) is 108 cm³/mol. The second kappa shape index (κ2) is 9.24. The first-order valence-corrected chi connectivity index (χ1v) is 10.6. The first-order chi connectivity index (χ1) is 13.0. The molecule has 0 spiro atoms. The summed E-state index contributed by atoms with van der Waals surface area (Å²) >= 11 is 0. The SMILES string of the molecule is CCNC(=NCC1(C(=O)N(C)C)CCCC1)NCC1CN2CCCC2CO1. The first-order valence-electron chi connectivity index (χ1n) is 10.6. The minimum atomic E-state index is -0.323. The molecule has 27 heavy (non-hydrogen) atoms. The van der Waals surface area contributed by atoms with Gasteiger partial charge in [0.15, 0.2) is 5.96 Å². The van der Waals surface area contributed by atoms with Crippen molar-refractivity contribution in [3.05, 3.63) is 0 Å². The number of hydrogen-bond acceptors (Lipinski definition) is 4. The van der Waals surface area contributed by atoms with E-state index < -0.39 is 0 Å². The Morgan fingerprint density at radius 3 is 2.74 bits per heavy atom. The van der Waals surface area contributed by atoms with E-state index in [0.29, 0.717) is 12.6 Å². The Hall–Kier alpha value is -1.34. The highest BCUT2D eigenvalue weighted by Gasteiger charge is 2.42.